The lowest BCUT2D eigenvalue weighted by Gasteiger charge is -2.12. The van der Waals surface area contributed by atoms with Crippen molar-refractivity contribution in [2.24, 2.45) is 4.99 Å². The summed E-state index contributed by atoms with van der Waals surface area (Å²) in [7, 11) is 2.75. The minimum Gasteiger partial charge on any atom is -0.508 e. The van der Waals surface area contributed by atoms with Gasteiger partial charge in [0.2, 0.25) is 0 Å². The number of rotatable bonds is 5. The number of methoxy groups -OCH3 is 2. The summed E-state index contributed by atoms with van der Waals surface area (Å²) in [6, 6.07) is 9.39. The number of thioether (sulfide) groups is 1. The molecule has 0 atom stereocenters. The summed E-state index contributed by atoms with van der Waals surface area (Å²) < 4.78 is 10.3. The molecule has 1 heterocycles. The second kappa shape index (κ2) is 8.05. The van der Waals surface area contributed by atoms with Gasteiger partial charge in [0, 0.05) is 6.07 Å². The number of nitrogens with one attached hydrogen (secondary N) is 1. The van der Waals surface area contributed by atoms with Gasteiger partial charge in [0.15, 0.2) is 16.7 Å². The molecule has 144 valence electrons. The molecule has 1 fully saturated rings. The molecule has 1 aliphatic heterocycles. The van der Waals surface area contributed by atoms with Gasteiger partial charge >= 0.3 is 5.97 Å². The predicted octanol–water partition coefficient (Wildman–Crippen LogP) is 3.00. The molecule has 0 radical (unpaired) electrons. The van der Waals surface area contributed by atoms with Gasteiger partial charge in [-0.2, -0.15) is 0 Å². The monoisotopic (exact) mass is 400 g/mol. The SMILES string of the molecule is COc1ccc(/C=C2\SC(=Nc3cccc(O)c3)NC2=O)c(C(=O)O)c1OC. The van der Waals surface area contributed by atoms with Crippen LogP contribution in [0, 0.1) is 0 Å². The molecule has 3 rings (SSSR count). The number of carbonyl (C=O) groups excluding carboxylic acids is 1. The average Bonchev–Trinajstić information content (AvgIpc) is 2.99. The van der Waals surface area contributed by atoms with Crippen molar-refractivity contribution in [2.75, 3.05) is 14.2 Å². The number of amides is 1. The van der Waals surface area contributed by atoms with Gasteiger partial charge in [-0.1, -0.05) is 12.1 Å². The molecule has 0 unspecified atom stereocenters. The molecule has 0 aromatic heterocycles. The van der Waals surface area contributed by atoms with Crippen LogP contribution in [0.2, 0.25) is 0 Å². The summed E-state index contributed by atoms with van der Waals surface area (Å²) in [6.07, 6.45) is 1.45. The van der Waals surface area contributed by atoms with E-state index < -0.39 is 11.9 Å². The van der Waals surface area contributed by atoms with E-state index in [0.29, 0.717) is 16.4 Å². The molecule has 8 nitrogen and oxygen atoms in total. The predicted molar refractivity (Wildman–Crippen MR) is 105 cm³/mol. The summed E-state index contributed by atoms with van der Waals surface area (Å²) in [5.74, 6) is -1.21. The van der Waals surface area contributed by atoms with Crippen LogP contribution in [0.4, 0.5) is 5.69 Å². The Balaban J connectivity index is 1.98. The number of ether oxygens (including phenoxy) is 2. The normalized spacial score (nSPS) is 16.3. The molecule has 1 aliphatic rings. The van der Waals surface area contributed by atoms with E-state index in [4.69, 9.17) is 9.47 Å². The third-order valence-corrected chi connectivity index (χ3v) is 4.70. The van der Waals surface area contributed by atoms with Crippen molar-refractivity contribution in [2.45, 2.75) is 0 Å². The Labute approximate surface area is 164 Å². The number of phenols is 1. The van der Waals surface area contributed by atoms with Crippen LogP contribution in [0.1, 0.15) is 15.9 Å². The van der Waals surface area contributed by atoms with Crippen LogP contribution in [-0.2, 0) is 4.79 Å². The Morgan fingerprint density at radius 3 is 2.64 bits per heavy atom. The first kappa shape index (κ1) is 19.3. The molecule has 0 bridgehead atoms. The number of aromatic carboxylic acids is 1. The fraction of sp³-hybridized carbons (Fsp3) is 0.105. The van der Waals surface area contributed by atoms with Crippen LogP contribution in [-0.4, -0.2) is 41.5 Å². The summed E-state index contributed by atoms with van der Waals surface area (Å²) in [4.78, 5) is 28.6. The highest BCUT2D eigenvalue weighted by Crippen LogP contribution is 2.36. The topological polar surface area (TPSA) is 117 Å². The van der Waals surface area contributed by atoms with Gasteiger partial charge in [0.1, 0.15) is 11.3 Å². The van der Waals surface area contributed by atoms with Gasteiger partial charge in [-0.05, 0) is 41.6 Å². The second-order valence-corrected chi connectivity index (χ2v) is 6.60. The van der Waals surface area contributed by atoms with Crippen molar-refractivity contribution in [1.29, 1.82) is 0 Å². The van der Waals surface area contributed by atoms with E-state index in [0.717, 1.165) is 11.8 Å². The Bertz CT molecular complexity index is 1020. The molecule has 2 aromatic rings. The smallest absolute Gasteiger partial charge is 0.340 e. The first-order valence-electron chi connectivity index (χ1n) is 8.00. The number of nitrogens with zero attached hydrogens (tertiary/aromatic N) is 1. The zero-order chi connectivity index (χ0) is 20.3. The number of hydrogen-bond acceptors (Lipinski definition) is 7. The fourth-order valence-electron chi connectivity index (χ4n) is 2.58. The zero-order valence-corrected chi connectivity index (χ0v) is 15.7. The fourth-order valence-corrected chi connectivity index (χ4v) is 3.42. The van der Waals surface area contributed by atoms with E-state index in [-0.39, 0.29) is 27.7 Å². The third kappa shape index (κ3) is 3.94. The van der Waals surface area contributed by atoms with E-state index >= 15 is 0 Å². The average molecular weight is 400 g/mol. The molecule has 9 heteroatoms. The maximum absolute atomic E-state index is 12.3. The molecular weight excluding hydrogens is 384 g/mol. The molecule has 1 amide bonds. The number of carbonyl (C=O) groups is 2. The van der Waals surface area contributed by atoms with Crippen LogP contribution in [0.15, 0.2) is 46.3 Å². The van der Waals surface area contributed by atoms with Gasteiger partial charge in [0.05, 0.1) is 24.8 Å². The summed E-state index contributed by atoms with van der Waals surface area (Å²) in [5, 5.41) is 22.0. The second-order valence-electron chi connectivity index (χ2n) is 5.57. The van der Waals surface area contributed by atoms with Gasteiger partial charge in [-0.25, -0.2) is 9.79 Å². The number of phenolic OH excluding ortho intramolecular Hbond substituents is 1. The molecule has 28 heavy (non-hydrogen) atoms. The molecule has 3 N–H and O–H groups in total. The Kier molecular flexibility index (Phi) is 5.55. The Morgan fingerprint density at radius 1 is 1.21 bits per heavy atom. The number of amidine groups is 1. The van der Waals surface area contributed by atoms with E-state index in [1.807, 2.05) is 0 Å². The van der Waals surface area contributed by atoms with Crippen molar-refractivity contribution >= 4 is 40.6 Å². The van der Waals surface area contributed by atoms with Crippen molar-refractivity contribution in [3.05, 3.63) is 52.4 Å². The molecule has 1 saturated heterocycles. The minimum atomic E-state index is -1.21. The highest BCUT2D eigenvalue weighted by molar-refractivity contribution is 8.18. The van der Waals surface area contributed by atoms with Crippen molar-refractivity contribution < 1.29 is 29.3 Å². The third-order valence-electron chi connectivity index (χ3n) is 3.79. The van der Waals surface area contributed by atoms with E-state index in [1.54, 1.807) is 18.2 Å². The molecule has 2 aromatic carbocycles. The van der Waals surface area contributed by atoms with Crippen molar-refractivity contribution in [1.82, 2.24) is 5.32 Å². The van der Waals surface area contributed by atoms with Crippen LogP contribution < -0.4 is 14.8 Å². The number of hydrogen-bond donors (Lipinski definition) is 3. The number of carboxylic acids is 1. The lowest BCUT2D eigenvalue weighted by Crippen LogP contribution is -2.19. The molecule has 0 spiro atoms. The summed E-state index contributed by atoms with van der Waals surface area (Å²) in [5.41, 5.74) is 0.656. The minimum absolute atomic E-state index is 0.0587. The summed E-state index contributed by atoms with van der Waals surface area (Å²) in [6.45, 7) is 0. The van der Waals surface area contributed by atoms with Crippen LogP contribution in [0.3, 0.4) is 0 Å². The molecular formula is C19H16N2O6S. The number of aliphatic imine (C=N–C) groups is 1. The number of aromatic hydroxyl groups is 1. The van der Waals surface area contributed by atoms with Crippen LogP contribution in [0.5, 0.6) is 17.2 Å². The van der Waals surface area contributed by atoms with Gasteiger partial charge in [-0.15, -0.1) is 0 Å². The Hall–Kier alpha value is -3.46. The summed E-state index contributed by atoms with van der Waals surface area (Å²) >= 11 is 1.06. The van der Waals surface area contributed by atoms with Crippen LogP contribution >= 0.6 is 11.8 Å². The Morgan fingerprint density at radius 2 is 2.00 bits per heavy atom. The largest absolute Gasteiger partial charge is 0.508 e. The first-order valence-corrected chi connectivity index (χ1v) is 8.81. The number of carboxylic acid groups (broad SMARTS) is 1. The first-order chi connectivity index (χ1) is 13.4. The zero-order valence-electron chi connectivity index (χ0n) is 14.9. The van der Waals surface area contributed by atoms with Crippen molar-refractivity contribution in [3.8, 4) is 17.2 Å². The highest BCUT2D eigenvalue weighted by atomic mass is 32.2. The van der Waals surface area contributed by atoms with Gasteiger partial charge < -0.3 is 25.0 Å². The van der Waals surface area contributed by atoms with Crippen molar-refractivity contribution in [3.63, 3.8) is 0 Å². The maximum atomic E-state index is 12.3. The molecule has 0 saturated carbocycles. The van der Waals surface area contributed by atoms with Gasteiger partial charge in [-0.3, -0.25) is 4.79 Å². The lowest BCUT2D eigenvalue weighted by molar-refractivity contribution is -0.115. The number of benzene rings is 2. The van der Waals surface area contributed by atoms with E-state index in [1.165, 1.54) is 38.5 Å². The maximum Gasteiger partial charge on any atom is 0.340 e. The molecule has 0 aliphatic carbocycles. The standard InChI is InChI=1S/C19H16N2O6S/c1-26-13-7-6-10(15(18(24)25)16(13)27-2)8-14-17(23)21-19(28-14)20-11-4-3-5-12(22)9-11/h3-9,22H,1-2H3,(H,24,25)(H,20,21,23)/b14-8-. The van der Waals surface area contributed by atoms with Crippen LogP contribution in [0.25, 0.3) is 6.08 Å². The van der Waals surface area contributed by atoms with E-state index in [9.17, 15) is 19.8 Å². The lowest BCUT2D eigenvalue weighted by atomic mass is 10.0. The van der Waals surface area contributed by atoms with E-state index in [2.05, 4.69) is 10.3 Å². The highest BCUT2D eigenvalue weighted by Gasteiger charge is 2.26. The van der Waals surface area contributed by atoms with Gasteiger partial charge in [0.25, 0.3) is 5.91 Å². The quantitative estimate of drug-likeness (QED) is 0.661.